The quantitative estimate of drug-likeness (QED) is 0.887. The molecular formula is C16H18FN3O. The van der Waals surface area contributed by atoms with Gasteiger partial charge in [0.25, 0.3) is 0 Å². The number of rotatable bonds is 6. The van der Waals surface area contributed by atoms with Gasteiger partial charge in [-0.2, -0.15) is 0 Å². The van der Waals surface area contributed by atoms with Gasteiger partial charge >= 0.3 is 6.01 Å². The topological polar surface area (TPSA) is 47.0 Å². The van der Waals surface area contributed by atoms with Crippen LogP contribution in [0.1, 0.15) is 29.7 Å². The average molecular weight is 287 g/mol. The van der Waals surface area contributed by atoms with Crippen molar-refractivity contribution in [1.29, 1.82) is 0 Å². The van der Waals surface area contributed by atoms with Crippen LogP contribution >= 0.6 is 0 Å². The Balaban J connectivity index is 1.60. The number of hydrogen-bond acceptors (Lipinski definition) is 4. The first-order chi connectivity index (χ1) is 10.2. The van der Waals surface area contributed by atoms with Crippen molar-refractivity contribution < 1.29 is 9.13 Å². The van der Waals surface area contributed by atoms with Crippen LogP contribution in [0.4, 0.5) is 4.39 Å². The summed E-state index contributed by atoms with van der Waals surface area (Å²) in [7, 11) is 0. The summed E-state index contributed by atoms with van der Waals surface area (Å²) in [6.45, 7) is 2.84. The van der Waals surface area contributed by atoms with Crippen molar-refractivity contribution in [2.24, 2.45) is 0 Å². The molecule has 1 N–H and O–H groups in total. The lowest BCUT2D eigenvalue weighted by Crippen LogP contribution is -2.17. The van der Waals surface area contributed by atoms with E-state index in [9.17, 15) is 4.39 Å². The Morgan fingerprint density at radius 2 is 2.10 bits per heavy atom. The monoisotopic (exact) mass is 287 g/mol. The molecule has 3 rings (SSSR count). The molecule has 0 saturated heterocycles. The molecule has 21 heavy (non-hydrogen) atoms. The number of hydrogen-bond donors (Lipinski definition) is 1. The molecule has 1 aliphatic rings. The van der Waals surface area contributed by atoms with Gasteiger partial charge in [0.2, 0.25) is 0 Å². The number of aryl methyl sites for hydroxylation is 1. The molecule has 0 amide bonds. The zero-order valence-electron chi connectivity index (χ0n) is 12.0. The first-order valence-electron chi connectivity index (χ1n) is 7.14. The maximum atomic E-state index is 13.5. The summed E-state index contributed by atoms with van der Waals surface area (Å²) < 4.78 is 19.0. The van der Waals surface area contributed by atoms with Gasteiger partial charge in [-0.05, 0) is 25.8 Å². The molecule has 2 aromatic rings. The molecule has 4 nitrogen and oxygen atoms in total. The second kappa shape index (κ2) is 6.18. The van der Waals surface area contributed by atoms with Crippen molar-refractivity contribution in [3.8, 4) is 6.01 Å². The highest BCUT2D eigenvalue weighted by molar-refractivity contribution is 5.19. The fraction of sp³-hybridized carbons (Fsp3) is 0.375. The highest BCUT2D eigenvalue weighted by Gasteiger charge is 2.20. The molecule has 1 fully saturated rings. The first-order valence-corrected chi connectivity index (χ1v) is 7.14. The van der Waals surface area contributed by atoms with Gasteiger partial charge in [0, 0.05) is 35.6 Å². The molecule has 1 aliphatic carbocycles. The summed E-state index contributed by atoms with van der Waals surface area (Å²) in [5, 5.41) is 3.43. The minimum absolute atomic E-state index is 0.131. The van der Waals surface area contributed by atoms with Gasteiger partial charge < -0.3 is 10.1 Å². The third-order valence-electron chi connectivity index (χ3n) is 3.53. The van der Waals surface area contributed by atoms with Gasteiger partial charge in [0.15, 0.2) is 0 Å². The molecular weight excluding hydrogens is 269 g/mol. The third kappa shape index (κ3) is 3.76. The van der Waals surface area contributed by atoms with Crippen molar-refractivity contribution in [2.45, 2.75) is 39.0 Å². The molecule has 1 heterocycles. The van der Waals surface area contributed by atoms with Crippen molar-refractivity contribution >= 4 is 0 Å². The van der Waals surface area contributed by atoms with Crippen LogP contribution in [0.25, 0.3) is 0 Å². The smallest absolute Gasteiger partial charge is 0.316 e. The summed E-state index contributed by atoms with van der Waals surface area (Å²) in [5.41, 5.74) is 2.46. The summed E-state index contributed by atoms with van der Waals surface area (Å²) >= 11 is 0. The molecule has 0 atom stereocenters. The molecule has 0 aliphatic heterocycles. The molecule has 0 unspecified atom stereocenters. The number of nitrogens with zero attached hydrogens (tertiary/aromatic N) is 2. The molecule has 0 radical (unpaired) electrons. The van der Waals surface area contributed by atoms with E-state index in [0.29, 0.717) is 11.6 Å². The zero-order chi connectivity index (χ0) is 14.7. The zero-order valence-corrected chi connectivity index (χ0v) is 12.0. The van der Waals surface area contributed by atoms with E-state index in [1.165, 1.54) is 18.9 Å². The molecule has 1 aromatic heterocycles. The van der Waals surface area contributed by atoms with Crippen molar-refractivity contribution in [1.82, 2.24) is 15.3 Å². The van der Waals surface area contributed by atoms with E-state index in [4.69, 9.17) is 4.74 Å². The van der Waals surface area contributed by atoms with E-state index in [2.05, 4.69) is 15.3 Å². The number of nitrogens with one attached hydrogen (secondary N) is 1. The molecule has 5 heteroatoms. The Bertz CT molecular complexity index is 629. The van der Waals surface area contributed by atoms with Crippen LogP contribution in [0.5, 0.6) is 6.01 Å². The van der Waals surface area contributed by atoms with Crippen molar-refractivity contribution in [2.75, 3.05) is 0 Å². The van der Waals surface area contributed by atoms with Gasteiger partial charge in [0.1, 0.15) is 12.4 Å². The lowest BCUT2D eigenvalue weighted by atomic mass is 10.2. The van der Waals surface area contributed by atoms with E-state index >= 15 is 0 Å². The molecule has 110 valence electrons. The SMILES string of the molecule is Cc1nc(OCc2ccccc2F)ncc1CNC1CC1. The third-order valence-corrected chi connectivity index (χ3v) is 3.53. The van der Waals surface area contributed by atoms with Crippen molar-refractivity contribution in [3.05, 3.63) is 53.1 Å². The van der Waals surface area contributed by atoms with Gasteiger partial charge in [-0.15, -0.1) is 0 Å². The summed E-state index contributed by atoms with van der Waals surface area (Å²) in [6, 6.07) is 7.47. The largest absolute Gasteiger partial charge is 0.458 e. The van der Waals surface area contributed by atoms with Crippen LogP contribution in [0.3, 0.4) is 0 Å². The van der Waals surface area contributed by atoms with Crippen LogP contribution in [0, 0.1) is 12.7 Å². The number of aromatic nitrogens is 2. The van der Waals surface area contributed by atoms with E-state index < -0.39 is 0 Å². The predicted molar refractivity (Wildman–Crippen MR) is 77.4 cm³/mol. The Kier molecular flexibility index (Phi) is 4.10. The highest BCUT2D eigenvalue weighted by Crippen LogP contribution is 2.20. The minimum Gasteiger partial charge on any atom is -0.458 e. The van der Waals surface area contributed by atoms with E-state index in [1.807, 2.05) is 6.92 Å². The van der Waals surface area contributed by atoms with E-state index in [-0.39, 0.29) is 18.4 Å². The van der Waals surface area contributed by atoms with Gasteiger partial charge in [-0.1, -0.05) is 18.2 Å². The van der Waals surface area contributed by atoms with Gasteiger partial charge in [0.05, 0.1) is 0 Å². The van der Waals surface area contributed by atoms with Gasteiger partial charge in [-0.25, -0.2) is 14.4 Å². The number of ether oxygens (including phenoxy) is 1. The Morgan fingerprint density at radius 3 is 2.81 bits per heavy atom. The number of halogens is 1. The average Bonchev–Trinajstić information content (AvgIpc) is 3.30. The van der Waals surface area contributed by atoms with Crippen LogP contribution < -0.4 is 10.1 Å². The van der Waals surface area contributed by atoms with Gasteiger partial charge in [-0.3, -0.25) is 0 Å². The molecule has 1 aromatic carbocycles. The highest BCUT2D eigenvalue weighted by atomic mass is 19.1. The fourth-order valence-electron chi connectivity index (χ4n) is 2.01. The lowest BCUT2D eigenvalue weighted by Gasteiger charge is -2.09. The molecule has 0 bridgehead atoms. The maximum Gasteiger partial charge on any atom is 0.316 e. The first kappa shape index (κ1) is 13.9. The lowest BCUT2D eigenvalue weighted by molar-refractivity contribution is 0.274. The molecule has 0 spiro atoms. The normalized spacial score (nSPS) is 14.2. The van der Waals surface area contributed by atoms with Crippen LogP contribution in [0.15, 0.2) is 30.5 Å². The Labute approximate surface area is 123 Å². The fourth-order valence-corrected chi connectivity index (χ4v) is 2.01. The predicted octanol–water partition coefficient (Wildman–Crippen LogP) is 2.76. The van der Waals surface area contributed by atoms with Crippen LogP contribution in [-0.2, 0) is 13.2 Å². The Morgan fingerprint density at radius 1 is 1.29 bits per heavy atom. The Hall–Kier alpha value is -2.01. The number of benzene rings is 1. The van der Waals surface area contributed by atoms with Crippen LogP contribution in [-0.4, -0.2) is 16.0 Å². The second-order valence-electron chi connectivity index (χ2n) is 5.30. The van der Waals surface area contributed by atoms with Crippen LogP contribution in [0.2, 0.25) is 0 Å². The van der Waals surface area contributed by atoms with E-state index in [0.717, 1.165) is 17.8 Å². The summed E-state index contributed by atoms with van der Waals surface area (Å²) in [6.07, 6.45) is 4.28. The summed E-state index contributed by atoms with van der Waals surface area (Å²) in [5.74, 6) is -0.278. The summed E-state index contributed by atoms with van der Waals surface area (Å²) in [4.78, 5) is 8.51. The van der Waals surface area contributed by atoms with E-state index in [1.54, 1.807) is 24.4 Å². The second-order valence-corrected chi connectivity index (χ2v) is 5.30. The maximum absolute atomic E-state index is 13.5. The molecule has 1 saturated carbocycles. The minimum atomic E-state index is -0.278. The van der Waals surface area contributed by atoms with Crippen molar-refractivity contribution in [3.63, 3.8) is 0 Å². The standard InChI is InChI=1S/C16H18FN3O/c1-11-13(8-18-14-6-7-14)9-19-16(20-11)21-10-12-4-2-3-5-15(12)17/h2-5,9,14,18H,6-8,10H2,1H3.